The minimum Gasteiger partial charge on any atom is -0.480 e. The molecule has 0 fully saturated rings. The summed E-state index contributed by atoms with van der Waals surface area (Å²) in [6.45, 7) is 2.01. The molecule has 0 aliphatic rings. The lowest BCUT2D eigenvalue weighted by Crippen LogP contribution is -2.47. The second-order valence-corrected chi connectivity index (χ2v) is 5.80. The van der Waals surface area contributed by atoms with Gasteiger partial charge in [-0.2, -0.15) is 0 Å². The van der Waals surface area contributed by atoms with Gasteiger partial charge in [-0.15, -0.1) is 11.8 Å². The van der Waals surface area contributed by atoms with Crippen LogP contribution in [0.15, 0.2) is 59.5 Å². The van der Waals surface area contributed by atoms with E-state index in [1.807, 2.05) is 37.3 Å². The van der Waals surface area contributed by atoms with Gasteiger partial charge in [-0.25, -0.2) is 4.79 Å². The van der Waals surface area contributed by atoms with E-state index in [-0.39, 0.29) is 5.75 Å². The van der Waals surface area contributed by atoms with Crippen LogP contribution in [0.2, 0.25) is 0 Å². The highest BCUT2D eigenvalue weighted by molar-refractivity contribution is 7.99. The molecule has 104 valence electrons. The zero-order valence-corrected chi connectivity index (χ0v) is 12.1. The maximum Gasteiger partial charge on any atom is 0.329 e. The van der Waals surface area contributed by atoms with Gasteiger partial charge >= 0.3 is 5.97 Å². The van der Waals surface area contributed by atoms with E-state index in [0.29, 0.717) is 5.56 Å². The van der Waals surface area contributed by atoms with Crippen molar-refractivity contribution in [1.29, 1.82) is 0 Å². The second-order valence-electron chi connectivity index (χ2n) is 4.75. The van der Waals surface area contributed by atoms with Gasteiger partial charge in [0.05, 0.1) is 0 Å². The standard InChI is InChI=1S/C16H17NO2S/c1-12-6-5-9-14(10-12)20-11-16(17,15(18)19)13-7-3-2-4-8-13/h2-10H,11,17H2,1H3,(H,18,19). The number of hydrogen-bond acceptors (Lipinski definition) is 3. The molecule has 2 aromatic rings. The number of carbonyl (C=O) groups is 1. The van der Waals surface area contributed by atoms with Crippen LogP contribution in [0.5, 0.6) is 0 Å². The Kier molecular flexibility index (Phi) is 4.47. The first kappa shape index (κ1) is 14.6. The molecule has 3 N–H and O–H groups in total. The molecule has 1 unspecified atom stereocenters. The largest absolute Gasteiger partial charge is 0.480 e. The molecule has 2 rings (SSSR count). The Bertz CT molecular complexity index is 600. The molecule has 0 aliphatic heterocycles. The number of carboxylic acid groups (broad SMARTS) is 1. The number of nitrogens with two attached hydrogens (primary N) is 1. The predicted octanol–water partition coefficient (Wildman–Crippen LogP) is 3.03. The van der Waals surface area contributed by atoms with Gasteiger partial charge in [0.1, 0.15) is 5.54 Å². The number of thioether (sulfide) groups is 1. The van der Waals surface area contributed by atoms with E-state index in [4.69, 9.17) is 5.73 Å². The van der Waals surface area contributed by atoms with Crippen molar-refractivity contribution in [2.45, 2.75) is 17.4 Å². The molecule has 0 saturated heterocycles. The fourth-order valence-electron chi connectivity index (χ4n) is 1.91. The number of hydrogen-bond donors (Lipinski definition) is 2. The highest BCUT2D eigenvalue weighted by Gasteiger charge is 2.36. The van der Waals surface area contributed by atoms with Crippen LogP contribution in [0, 0.1) is 6.92 Å². The molecule has 3 nitrogen and oxygen atoms in total. The van der Waals surface area contributed by atoms with Crippen LogP contribution in [-0.2, 0) is 10.3 Å². The van der Waals surface area contributed by atoms with Crippen LogP contribution in [0.25, 0.3) is 0 Å². The zero-order chi connectivity index (χ0) is 14.6. The van der Waals surface area contributed by atoms with Gasteiger partial charge in [0.25, 0.3) is 0 Å². The van der Waals surface area contributed by atoms with Crippen LogP contribution in [-0.4, -0.2) is 16.8 Å². The summed E-state index contributed by atoms with van der Waals surface area (Å²) in [5.74, 6) is -0.723. The summed E-state index contributed by atoms with van der Waals surface area (Å²) < 4.78 is 0. The maximum atomic E-state index is 11.6. The zero-order valence-electron chi connectivity index (χ0n) is 11.2. The third kappa shape index (κ3) is 3.21. The van der Waals surface area contributed by atoms with E-state index in [1.165, 1.54) is 11.8 Å². The van der Waals surface area contributed by atoms with E-state index in [2.05, 4.69) is 0 Å². The highest BCUT2D eigenvalue weighted by Crippen LogP contribution is 2.28. The molecule has 0 radical (unpaired) electrons. The summed E-state index contributed by atoms with van der Waals surface area (Å²) in [7, 11) is 0. The molecule has 1 atom stereocenters. The third-order valence-electron chi connectivity index (χ3n) is 3.13. The third-order valence-corrected chi connectivity index (χ3v) is 4.31. The fourth-order valence-corrected chi connectivity index (χ4v) is 3.03. The summed E-state index contributed by atoms with van der Waals surface area (Å²) >= 11 is 1.46. The normalized spacial score (nSPS) is 13.7. The lowest BCUT2D eigenvalue weighted by atomic mass is 9.93. The summed E-state index contributed by atoms with van der Waals surface area (Å²) in [6.07, 6.45) is 0. The van der Waals surface area contributed by atoms with Gasteiger partial charge in [0, 0.05) is 10.6 Å². The molecule has 0 heterocycles. The first-order valence-electron chi connectivity index (χ1n) is 6.29. The van der Waals surface area contributed by atoms with Crippen molar-refractivity contribution in [1.82, 2.24) is 0 Å². The van der Waals surface area contributed by atoms with Crippen LogP contribution in [0.1, 0.15) is 11.1 Å². The van der Waals surface area contributed by atoms with Crippen molar-refractivity contribution < 1.29 is 9.90 Å². The van der Waals surface area contributed by atoms with E-state index < -0.39 is 11.5 Å². The molecule has 4 heteroatoms. The van der Waals surface area contributed by atoms with E-state index in [9.17, 15) is 9.90 Å². The Hall–Kier alpha value is -1.78. The minimum atomic E-state index is -1.38. The average Bonchev–Trinajstić information content (AvgIpc) is 2.45. The van der Waals surface area contributed by atoms with Crippen LogP contribution in [0.4, 0.5) is 0 Å². The van der Waals surface area contributed by atoms with Gasteiger partial charge in [-0.1, -0.05) is 48.0 Å². The molecule has 0 spiro atoms. The molecule has 0 amide bonds. The summed E-state index contributed by atoms with van der Waals surface area (Å²) in [6, 6.07) is 16.9. The minimum absolute atomic E-state index is 0.287. The molecule has 0 bridgehead atoms. The maximum absolute atomic E-state index is 11.6. The van der Waals surface area contributed by atoms with Crippen molar-refractivity contribution in [3.8, 4) is 0 Å². The molecule has 2 aromatic carbocycles. The quantitative estimate of drug-likeness (QED) is 0.830. The lowest BCUT2D eigenvalue weighted by Gasteiger charge is -2.24. The molecule has 20 heavy (non-hydrogen) atoms. The molecule has 0 saturated carbocycles. The monoisotopic (exact) mass is 287 g/mol. The number of aryl methyl sites for hydroxylation is 1. The van der Waals surface area contributed by atoms with Gasteiger partial charge < -0.3 is 10.8 Å². The topological polar surface area (TPSA) is 63.3 Å². The van der Waals surface area contributed by atoms with E-state index in [1.54, 1.807) is 24.3 Å². The number of carboxylic acids is 1. The van der Waals surface area contributed by atoms with Gasteiger partial charge in [0.2, 0.25) is 0 Å². The van der Waals surface area contributed by atoms with Crippen molar-refractivity contribution in [3.63, 3.8) is 0 Å². The van der Waals surface area contributed by atoms with E-state index >= 15 is 0 Å². The van der Waals surface area contributed by atoms with Crippen molar-refractivity contribution in [2.75, 3.05) is 5.75 Å². The molecular weight excluding hydrogens is 270 g/mol. The first-order chi connectivity index (χ1) is 9.52. The Morgan fingerprint density at radius 1 is 1.20 bits per heavy atom. The summed E-state index contributed by atoms with van der Waals surface area (Å²) in [5, 5.41) is 9.48. The molecule has 0 aliphatic carbocycles. The van der Waals surface area contributed by atoms with Crippen LogP contribution in [0.3, 0.4) is 0 Å². The highest BCUT2D eigenvalue weighted by atomic mass is 32.2. The fraction of sp³-hybridized carbons (Fsp3) is 0.188. The summed E-state index contributed by atoms with van der Waals surface area (Å²) in [4.78, 5) is 12.6. The van der Waals surface area contributed by atoms with Gasteiger partial charge in [-0.3, -0.25) is 0 Å². The smallest absolute Gasteiger partial charge is 0.329 e. The predicted molar refractivity (Wildman–Crippen MR) is 81.8 cm³/mol. The van der Waals surface area contributed by atoms with Crippen molar-refractivity contribution in [3.05, 3.63) is 65.7 Å². The van der Waals surface area contributed by atoms with Crippen LogP contribution < -0.4 is 5.73 Å². The molecule has 0 aromatic heterocycles. The SMILES string of the molecule is Cc1cccc(SCC(N)(C(=O)O)c2ccccc2)c1. The Morgan fingerprint density at radius 2 is 1.90 bits per heavy atom. The van der Waals surface area contributed by atoms with Crippen molar-refractivity contribution in [2.24, 2.45) is 5.73 Å². The Morgan fingerprint density at radius 3 is 2.50 bits per heavy atom. The van der Waals surface area contributed by atoms with Crippen LogP contribution >= 0.6 is 11.8 Å². The molecular formula is C16H17NO2S. The summed E-state index contributed by atoms with van der Waals surface area (Å²) in [5.41, 5.74) is 6.51. The second kappa shape index (κ2) is 6.11. The average molecular weight is 287 g/mol. The number of aliphatic carboxylic acids is 1. The number of benzene rings is 2. The van der Waals surface area contributed by atoms with E-state index in [0.717, 1.165) is 10.5 Å². The van der Waals surface area contributed by atoms with Gasteiger partial charge in [-0.05, 0) is 24.6 Å². The van der Waals surface area contributed by atoms with Gasteiger partial charge in [0.15, 0.2) is 0 Å². The lowest BCUT2D eigenvalue weighted by molar-refractivity contribution is -0.142. The Labute approximate surface area is 122 Å². The Balaban J connectivity index is 2.20. The van der Waals surface area contributed by atoms with Crippen molar-refractivity contribution >= 4 is 17.7 Å². The number of rotatable bonds is 5. The first-order valence-corrected chi connectivity index (χ1v) is 7.28.